The maximum Gasteiger partial charge on any atom is -0.0173 e. The monoisotopic (exact) mass is 123 g/mol. The van der Waals surface area contributed by atoms with Crippen molar-refractivity contribution < 1.29 is 0 Å². The molecule has 0 nitrogen and oxygen atoms in total. The van der Waals surface area contributed by atoms with Crippen LogP contribution in [0, 0.1) is 23.7 Å². The van der Waals surface area contributed by atoms with Crippen molar-refractivity contribution in [3.05, 3.63) is 5.92 Å². The van der Waals surface area contributed by atoms with Crippen molar-refractivity contribution in [1.82, 2.24) is 0 Å². The van der Waals surface area contributed by atoms with Crippen molar-refractivity contribution in [2.24, 2.45) is 17.8 Å². The lowest BCUT2D eigenvalue weighted by Gasteiger charge is -1.99. The number of hydrogen-bond acceptors (Lipinski definition) is 0. The van der Waals surface area contributed by atoms with Crippen LogP contribution in [0.1, 0.15) is 33.1 Å². The maximum absolute atomic E-state index is 2.35. The molecule has 2 fully saturated rings. The molecule has 2 saturated carbocycles. The van der Waals surface area contributed by atoms with Crippen molar-refractivity contribution >= 4 is 0 Å². The van der Waals surface area contributed by atoms with Gasteiger partial charge in [-0.2, -0.15) is 0 Å². The first-order valence-corrected chi connectivity index (χ1v) is 4.14. The van der Waals surface area contributed by atoms with Gasteiger partial charge in [0.05, 0.1) is 0 Å². The van der Waals surface area contributed by atoms with Crippen molar-refractivity contribution in [2.45, 2.75) is 33.1 Å². The molecule has 1 atom stereocenters. The summed E-state index contributed by atoms with van der Waals surface area (Å²) in [7, 11) is 0. The summed E-state index contributed by atoms with van der Waals surface area (Å²) in [5.41, 5.74) is 0. The SMILES string of the molecule is CC(C)C1C[C]1C1CC1. The summed E-state index contributed by atoms with van der Waals surface area (Å²) >= 11 is 0. The molecule has 0 aromatic rings. The van der Waals surface area contributed by atoms with Crippen LogP contribution in [-0.2, 0) is 0 Å². The molecule has 0 saturated heterocycles. The minimum Gasteiger partial charge on any atom is -0.0625 e. The molecule has 0 aliphatic heterocycles. The van der Waals surface area contributed by atoms with Gasteiger partial charge in [-0.3, -0.25) is 0 Å². The van der Waals surface area contributed by atoms with Gasteiger partial charge in [-0.05, 0) is 42.9 Å². The van der Waals surface area contributed by atoms with Crippen molar-refractivity contribution in [1.29, 1.82) is 0 Å². The molecule has 0 aromatic carbocycles. The molecule has 51 valence electrons. The smallest absolute Gasteiger partial charge is 0.0173 e. The second-order valence-corrected chi connectivity index (χ2v) is 3.90. The molecule has 1 unspecified atom stereocenters. The Morgan fingerprint density at radius 3 is 2.33 bits per heavy atom. The Hall–Kier alpha value is 0. The van der Waals surface area contributed by atoms with Crippen LogP contribution in [0.2, 0.25) is 0 Å². The van der Waals surface area contributed by atoms with Crippen molar-refractivity contribution in [3.8, 4) is 0 Å². The molecule has 0 bridgehead atoms. The van der Waals surface area contributed by atoms with Crippen molar-refractivity contribution in [3.63, 3.8) is 0 Å². The molecular formula is C9H15. The molecule has 1 radical (unpaired) electrons. The van der Waals surface area contributed by atoms with Crippen LogP contribution in [-0.4, -0.2) is 0 Å². The molecular weight excluding hydrogens is 108 g/mol. The maximum atomic E-state index is 2.35. The lowest BCUT2D eigenvalue weighted by molar-refractivity contribution is 0.560. The van der Waals surface area contributed by atoms with Gasteiger partial charge < -0.3 is 0 Å². The van der Waals surface area contributed by atoms with Gasteiger partial charge in [-0.1, -0.05) is 13.8 Å². The first kappa shape index (κ1) is 5.76. The van der Waals surface area contributed by atoms with E-state index in [1.807, 2.05) is 5.92 Å². The molecule has 2 aliphatic carbocycles. The van der Waals surface area contributed by atoms with Gasteiger partial charge in [0.15, 0.2) is 0 Å². The summed E-state index contributed by atoms with van der Waals surface area (Å²) in [6.45, 7) is 4.69. The second-order valence-electron chi connectivity index (χ2n) is 3.90. The van der Waals surface area contributed by atoms with E-state index in [2.05, 4.69) is 13.8 Å². The van der Waals surface area contributed by atoms with Gasteiger partial charge >= 0.3 is 0 Å². The summed E-state index contributed by atoms with van der Waals surface area (Å²) in [5.74, 6) is 4.97. The third-order valence-corrected chi connectivity index (χ3v) is 2.68. The summed E-state index contributed by atoms with van der Waals surface area (Å²) < 4.78 is 0. The molecule has 0 spiro atoms. The quantitative estimate of drug-likeness (QED) is 0.529. The zero-order valence-corrected chi connectivity index (χ0v) is 6.35. The van der Waals surface area contributed by atoms with E-state index in [0.717, 1.165) is 17.8 Å². The minimum absolute atomic E-state index is 0.931. The molecule has 0 heteroatoms. The van der Waals surface area contributed by atoms with Crippen LogP contribution in [0.3, 0.4) is 0 Å². The Labute approximate surface area is 57.6 Å². The molecule has 0 heterocycles. The normalized spacial score (nSPS) is 35.7. The highest BCUT2D eigenvalue weighted by molar-refractivity contribution is 5.21. The van der Waals surface area contributed by atoms with Crippen LogP contribution in [0.5, 0.6) is 0 Å². The standard InChI is InChI=1S/C9H15/c1-6(2)8-5-9(8)7-3-4-7/h6-8H,3-5H2,1-2H3. The fraction of sp³-hybridized carbons (Fsp3) is 0.889. The second kappa shape index (κ2) is 1.74. The first-order chi connectivity index (χ1) is 4.29. The predicted octanol–water partition coefficient (Wildman–Crippen LogP) is 2.65. The minimum atomic E-state index is 0.931. The Morgan fingerprint density at radius 2 is 2.00 bits per heavy atom. The van der Waals surface area contributed by atoms with Crippen LogP contribution < -0.4 is 0 Å². The Kier molecular flexibility index (Phi) is 1.12. The zero-order valence-electron chi connectivity index (χ0n) is 6.35. The van der Waals surface area contributed by atoms with E-state index in [4.69, 9.17) is 0 Å². The molecule has 0 aromatic heterocycles. The Morgan fingerprint density at radius 1 is 1.33 bits per heavy atom. The van der Waals surface area contributed by atoms with E-state index in [1.54, 1.807) is 0 Å². The van der Waals surface area contributed by atoms with Gasteiger partial charge in [-0.25, -0.2) is 0 Å². The van der Waals surface area contributed by atoms with E-state index >= 15 is 0 Å². The fourth-order valence-electron chi connectivity index (χ4n) is 1.78. The van der Waals surface area contributed by atoms with Crippen LogP contribution in [0.15, 0.2) is 0 Å². The predicted molar refractivity (Wildman–Crippen MR) is 38.9 cm³/mol. The topological polar surface area (TPSA) is 0 Å². The van der Waals surface area contributed by atoms with Crippen LogP contribution in [0.25, 0.3) is 0 Å². The lowest BCUT2D eigenvalue weighted by Crippen LogP contribution is -1.91. The molecule has 2 rings (SSSR count). The summed E-state index contributed by atoms with van der Waals surface area (Å²) in [5, 5.41) is 0. The summed E-state index contributed by atoms with van der Waals surface area (Å²) in [6.07, 6.45) is 4.50. The van der Waals surface area contributed by atoms with Crippen molar-refractivity contribution in [2.75, 3.05) is 0 Å². The van der Waals surface area contributed by atoms with Gasteiger partial charge in [0.1, 0.15) is 0 Å². The highest BCUT2D eigenvalue weighted by Crippen LogP contribution is 2.58. The highest BCUT2D eigenvalue weighted by Gasteiger charge is 2.48. The lowest BCUT2D eigenvalue weighted by atomic mass is 10.1. The van der Waals surface area contributed by atoms with Gasteiger partial charge in [0.2, 0.25) is 0 Å². The van der Waals surface area contributed by atoms with Gasteiger partial charge in [0.25, 0.3) is 0 Å². The van der Waals surface area contributed by atoms with E-state index in [9.17, 15) is 0 Å². The average Bonchev–Trinajstić information content (AvgIpc) is 2.60. The Balaban J connectivity index is 1.81. The third kappa shape index (κ3) is 0.997. The van der Waals surface area contributed by atoms with E-state index in [-0.39, 0.29) is 0 Å². The Bertz CT molecular complexity index is 105. The third-order valence-electron chi connectivity index (χ3n) is 2.68. The van der Waals surface area contributed by atoms with E-state index in [0.29, 0.717) is 0 Å². The fourth-order valence-corrected chi connectivity index (χ4v) is 1.78. The largest absolute Gasteiger partial charge is 0.0625 e. The highest BCUT2D eigenvalue weighted by atomic mass is 14.5. The van der Waals surface area contributed by atoms with E-state index in [1.165, 1.54) is 19.3 Å². The molecule has 2 aliphatic rings. The zero-order chi connectivity index (χ0) is 6.43. The number of rotatable bonds is 2. The van der Waals surface area contributed by atoms with Gasteiger partial charge in [-0.15, -0.1) is 0 Å². The summed E-state index contributed by atoms with van der Waals surface area (Å²) in [6, 6.07) is 0. The number of hydrogen-bond donors (Lipinski definition) is 0. The first-order valence-electron chi connectivity index (χ1n) is 4.14. The van der Waals surface area contributed by atoms with E-state index < -0.39 is 0 Å². The average molecular weight is 123 g/mol. The van der Waals surface area contributed by atoms with Gasteiger partial charge in [0, 0.05) is 0 Å². The van der Waals surface area contributed by atoms with Crippen LogP contribution in [0.4, 0.5) is 0 Å². The molecule has 9 heavy (non-hydrogen) atoms. The summed E-state index contributed by atoms with van der Waals surface area (Å²) in [4.78, 5) is 0. The molecule has 0 amide bonds. The molecule has 0 N–H and O–H groups in total. The van der Waals surface area contributed by atoms with Crippen LogP contribution >= 0.6 is 0 Å².